The number of nitrogens with one attached hydrogen (secondary N) is 1. The molecule has 0 spiro atoms. The van der Waals surface area contributed by atoms with Gasteiger partial charge in [0, 0.05) is 31.4 Å². The summed E-state index contributed by atoms with van der Waals surface area (Å²) in [6.45, 7) is 2.03. The van der Waals surface area contributed by atoms with Crippen LogP contribution >= 0.6 is 0 Å². The maximum atomic E-state index is 13.2. The fraction of sp³-hybridized carbons (Fsp3) is 0.259. The second kappa shape index (κ2) is 10.2. The molecular weight excluding hydrogens is 414 g/mol. The number of hydrogen-bond acceptors (Lipinski definition) is 4. The van der Waals surface area contributed by atoms with Gasteiger partial charge in [-0.05, 0) is 67.8 Å². The highest BCUT2D eigenvalue weighted by molar-refractivity contribution is 6.09. The molecule has 3 aromatic rings. The van der Waals surface area contributed by atoms with Crippen molar-refractivity contribution in [3.63, 3.8) is 0 Å². The minimum Gasteiger partial charge on any atom is -0.496 e. The summed E-state index contributed by atoms with van der Waals surface area (Å²) in [7, 11) is 3.34. The predicted molar refractivity (Wildman–Crippen MR) is 133 cm³/mol. The topological polar surface area (TPSA) is 61.9 Å². The SMILES string of the molecule is COc1ccccc1C(=O)Nc1ccc(C(=O)N(C)c2ccccc2N2CCCCC2)cc1. The standard InChI is InChI=1S/C27H29N3O3/c1-29(23-11-5-6-12-24(23)30-18-8-3-9-19-30)27(32)20-14-16-21(17-15-20)28-26(31)22-10-4-7-13-25(22)33-2/h4-7,10-17H,3,8-9,18-19H2,1-2H3,(H,28,31). The molecule has 6 heteroatoms. The summed E-state index contributed by atoms with van der Waals surface area (Å²) >= 11 is 0. The van der Waals surface area contributed by atoms with Gasteiger partial charge in [0.25, 0.3) is 11.8 Å². The minimum absolute atomic E-state index is 0.0953. The summed E-state index contributed by atoms with van der Waals surface area (Å²) in [4.78, 5) is 29.9. The van der Waals surface area contributed by atoms with E-state index in [-0.39, 0.29) is 11.8 Å². The van der Waals surface area contributed by atoms with E-state index in [1.807, 2.05) is 31.3 Å². The Hall–Kier alpha value is -3.80. The smallest absolute Gasteiger partial charge is 0.259 e. The Morgan fingerprint density at radius 3 is 2.27 bits per heavy atom. The average Bonchev–Trinajstić information content (AvgIpc) is 2.88. The van der Waals surface area contributed by atoms with Gasteiger partial charge in [-0.15, -0.1) is 0 Å². The van der Waals surface area contributed by atoms with Crippen LogP contribution < -0.4 is 19.9 Å². The lowest BCUT2D eigenvalue weighted by atomic mass is 10.1. The van der Waals surface area contributed by atoms with Crippen molar-refractivity contribution in [1.82, 2.24) is 0 Å². The molecule has 1 heterocycles. The molecule has 1 saturated heterocycles. The Kier molecular flexibility index (Phi) is 6.93. The molecule has 1 fully saturated rings. The van der Waals surface area contributed by atoms with E-state index in [2.05, 4.69) is 16.3 Å². The van der Waals surface area contributed by atoms with Gasteiger partial charge in [-0.2, -0.15) is 0 Å². The first-order valence-electron chi connectivity index (χ1n) is 11.2. The van der Waals surface area contributed by atoms with Crippen LogP contribution in [0, 0.1) is 0 Å². The zero-order valence-corrected chi connectivity index (χ0v) is 19.1. The molecule has 4 rings (SSSR count). The normalized spacial score (nSPS) is 13.3. The van der Waals surface area contributed by atoms with Gasteiger partial charge in [0.05, 0.1) is 24.0 Å². The number of carbonyl (C=O) groups is 2. The number of carbonyl (C=O) groups excluding carboxylic acids is 2. The molecule has 6 nitrogen and oxygen atoms in total. The van der Waals surface area contributed by atoms with E-state index in [4.69, 9.17) is 4.74 Å². The van der Waals surface area contributed by atoms with Gasteiger partial charge >= 0.3 is 0 Å². The number of methoxy groups -OCH3 is 1. The second-order valence-corrected chi connectivity index (χ2v) is 8.13. The molecule has 2 amide bonds. The number of ether oxygens (including phenoxy) is 1. The van der Waals surface area contributed by atoms with Crippen LogP contribution in [-0.2, 0) is 0 Å². The molecule has 0 saturated carbocycles. The van der Waals surface area contributed by atoms with Gasteiger partial charge in [-0.1, -0.05) is 24.3 Å². The fourth-order valence-electron chi connectivity index (χ4n) is 4.18. The average molecular weight is 444 g/mol. The van der Waals surface area contributed by atoms with Gasteiger partial charge in [-0.3, -0.25) is 9.59 Å². The van der Waals surface area contributed by atoms with Crippen LogP contribution in [0.3, 0.4) is 0 Å². The van der Waals surface area contributed by atoms with E-state index in [1.165, 1.54) is 26.4 Å². The molecule has 0 aliphatic carbocycles. The summed E-state index contributed by atoms with van der Waals surface area (Å²) in [6.07, 6.45) is 3.61. The summed E-state index contributed by atoms with van der Waals surface area (Å²) in [6, 6.07) is 22.1. The van der Waals surface area contributed by atoms with Crippen LogP contribution in [0.15, 0.2) is 72.8 Å². The molecule has 0 radical (unpaired) electrons. The Labute approximate surface area is 194 Å². The summed E-state index contributed by atoms with van der Waals surface area (Å²) < 4.78 is 5.26. The third-order valence-corrected chi connectivity index (χ3v) is 5.99. The van der Waals surface area contributed by atoms with Crippen LogP contribution in [0.4, 0.5) is 17.1 Å². The Morgan fingerprint density at radius 2 is 1.55 bits per heavy atom. The first-order valence-corrected chi connectivity index (χ1v) is 11.2. The number of para-hydroxylation sites is 3. The zero-order valence-electron chi connectivity index (χ0n) is 19.1. The van der Waals surface area contributed by atoms with Crippen molar-refractivity contribution < 1.29 is 14.3 Å². The van der Waals surface area contributed by atoms with Crippen LogP contribution in [0.25, 0.3) is 0 Å². The van der Waals surface area contributed by atoms with E-state index >= 15 is 0 Å². The number of benzene rings is 3. The van der Waals surface area contributed by atoms with Crippen LogP contribution in [0.5, 0.6) is 5.75 Å². The first kappa shape index (κ1) is 22.4. The molecule has 3 aromatic carbocycles. The third-order valence-electron chi connectivity index (χ3n) is 5.99. The van der Waals surface area contributed by atoms with Gasteiger partial charge in [0.2, 0.25) is 0 Å². The van der Waals surface area contributed by atoms with Crippen LogP contribution in [0.1, 0.15) is 40.0 Å². The van der Waals surface area contributed by atoms with Crippen molar-refractivity contribution in [2.75, 3.05) is 42.4 Å². The number of amides is 2. The molecule has 1 aliphatic rings. The Balaban J connectivity index is 1.48. The van der Waals surface area contributed by atoms with Crippen molar-refractivity contribution in [2.45, 2.75) is 19.3 Å². The predicted octanol–water partition coefficient (Wildman–Crippen LogP) is 5.21. The van der Waals surface area contributed by atoms with E-state index < -0.39 is 0 Å². The monoisotopic (exact) mass is 443 g/mol. The molecule has 33 heavy (non-hydrogen) atoms. The summed E-state index contributed by atoms with van der Waals surface area (Å²) in [5.41, 5.74) is 3.61. The molecule has 0 aromatic heterocycles. The maximum Gasteiger partial charge on any atom is 0.259 e. The molecule has 1 N–H and O–H groups in total. The Bertz CT molecular complexity index is 1120. The molecule has 170 valence electrons. The number of nitrogens with zero attached hydrogens (tertiary/aromatic N) is 2. The van der Waals surface area contributed by atoms with Crippen molar-refractivity contribution >= 4 is 28.9 Å². The number of piperidine rings is 1. The maximum absolute atomic E-state index is 13.2. The molecular formula is C27H29N3O3. The molecule has 0 atom stereocenters. The zero-order chi connectivity index (χ0) is 23.2. The number of rotatable bonds is 6. The van der Waals surface area contributed by atoms with E-state index in [1.54, 1.807) is 47.4 Å². The van der Waals surface area contributed by atoms with Crippen LogP contribution in [-0.4, -0.2) is 39.1 Å². The third kappa shape index (κ3) is 5.00. The second-order valence-electron chi connectivity index (χ2n) is 8.13. The number of hydrogen-bond donors (Lipinski definition) is 1. The molecule has 0 bridgehead atoms. The lowest BCUT2D eigenvalue weighted by Crippen LogP contribution is -2.33. The van der Waals surface area contributed by atoms with Crippen molar-refractivity contribution in [1.29, 1.82) is 0 Å². The summed E-state index contributed by atoms with van der Waals surface area (Å²) in [5, 5.41) is 2.86. The quantitative estimate of drug-likeness (QED) is 0.568. The number of anilines is 3. The highest BCUT2D eigenvalue weighted by atomic mass is 16.5. The minimum atomic E-state index is -0.265. The lowest BCUT2D eigenvalue weighted by Gasteiger charge is -2.32. The van der Waals surface area contributed by atoms with E-state index in [0.29, 0.717) is 22.6 Å². The first-order chi connectivity index (χ1) is 16.1. The summed E-state index contributed by atoms with van der Waals surface area (Å²) in [5.74, 6) is 0.150. The highest BCUT2D eigenvalue weighted by Crippen LogP contribution is 2.31. The highest BCUT2D eigenvalue weighted by Gasteiger charge is 2.20. The van der Waals surface area contributed by atoms with Crippen LogP contribution in [0.2, 0.25) is 0 Å². The van der Waals surface area contributed by atoms with Gasteiger partial charge < -0.3 is 19.9 Å². The van der Waals surface area contributed by atoms with E-state index in [9.17, 15) is 9.59 Å². The van der Waals surface area contributed by atoms with Crippen molar-refractivity contribution in [2.24, 2.45) is 0 Å². The largest absolute Gasteiger partial charge is 0.496 e. The van der Waals surface area contributed by atoms with Gasteiger partial charge in [0.15, 0.2) is 0 Å². The van der Waals surface area contributed by atoms with Gasteiger partial charge in [0.1, 0.15) is 5.75 Å². The van der Waals surface area contributed by atoms with Crippen molar-refractivity contribution in [3.8, 4) is 5.75 Å². The van der Waals surface area contributed by atoms with E-state index in [0.717, 1.165) is 24.5 Å². The van der Waals surface area contributed by atoms with Gasteiger partial charge in [-0.25, -0.2) is 0 Å². The van der Waals surface area contributed by atoms with Crippen molar-refractivity contribution in [3.05, 3.63) is 83.9 Å². The molecule has 0 unspecified atom stereocenters. The molecule has 1 aliphatic heterocycles. The lowest BCUT2D eigenvalue weighted by molar-refractivity contribution is 0.0991. The Morgan fingerprint density at radius 1 is 0.879 bits per heavy atom. The fourth-order valence-corrected chi connectivity index (χ4v) is 4.18.